The Hall–Kier alpha value is -0.520. The maximum absolute atomic E-state index is 5.43. The van der Waals surface area contributed by atoms with E-state index in [1.807, 2.05) is 0 Å². The zero-order valence-corrected chi connectivity index (χ0v) is 12.8. The van der Waals surface area contributed by atoms with Gasteiger partial charge in [-0.2, -0.15) is 0 Å². The average Bonchev–Trinajstić information content (AvgIpc) is 2.35. The van der Waals surface area contributed by atoms with E-state index in [1.54, 1.807) is 14.2 Å². The van der Waals surface area contributed by atoms with Crippen molar-refractivity contribution >= 4 is 0 Å². The van der Waals surface area contributed by atoms with Crippen LogP contribution in [-0.2, 0) is 9.47 Å². The minimum Gasteiger partial charge on any atom is -0.380 e. The number of rotatable bonds is 9. The molecule has 0 spiro atoms. The first-order valence-electron chi connectivity index (χ1n) is 7.17. The summed E-state index contributed by atoms with van der Waals surface area (Å²) in [4.78, 5) is 0. The molecule has 2 heteroatoms. The molecule has 22 heavy (non-hydrogen) atoms. The molecule has 0 aromatic carbocycles. The van der Waals surface area contributed by atoms with Gasteiger partial charge in [0.25, 0.3) is 0 Å². The molecule has 0 aromatic heterocycles. The monoisotopic (exact) mass is 318 g/mol. The molecule has 0 aromatic rings. The normalized spacial score (nSPS) is 11.5. The standard InChI is InChI=1S/C16H30O2.4CH4/c1-6-7-8-10-15(17-4)11-9-12-16(18-5)13-14(2)3;;;;/h14-16H,6-8,10,12-13H2,1-5H3;4*1H4. The van der Waals surface area contributed by atoms with Gasteiger partial charge >= 0.3 is 0 Å². The SMILES string of the molecule is C.C.C.C.CCCCCC(C#CCC(CC(C)C)OC)OC. The van der Waals surface area contributed by atoms with E-state index < -0.39 is 0 Å². The molecule has 2 nitrogen and oxygen atoms in total. The Kier molecular flexibility index (Phi) is 34.3. The van der Waals surface area contributed by atoms with Crippen molar-refractivity contribution in [1.29, 1.82) is 0 Å². The summed E-state index contributed by atoms with van der Waals surface area (Å²) >= 11 is 0. The third-order valence-electron chi connectivity index (χ3n) is 3.01. The van der Waals surface area contributed by atoms with E-state index in [-0.39, 0.29) is 41.9 Å². The van der Waals surface area contributed by atoms with Crippen molar-refractivity contribution in [2.45, 2.75) is 101 Å². The molecule has 138 valence electrons. The van der Waals surface area contributed by atoms with Crippen LogP contribution in [0.15, 0.2) is 0 Å². The van der Waals surface area contributed by atoms with Gasteiger partial charge in [0.2, 0.25) is 0 Å². The molecule has 0 radical (unpaired) electrons. The Balaban J connectivity index is -0.000000241. The highest BCUT2D eigenvalue weighted by atomic mass is 16.5. The van der Waals surface area contributed by atoms with Crippen molar-refractivity contribution in [1.82, 2.24) is 0 Å². The van der Waals surface area contributed by atoms with Gasteiger partial charge in [-0.05, 0) is 25.2 Å². The predicted octanol–water partition coefficient (Wildman–Crippen LogP) is 6.58. The topological polar surface area (TPSA) is 18.5 Å². The van der Waals surface area contributed by atoms with Crippen molar-refractivity contribution in [2.75, 3.05) is 14.2 Å². The summed E-state index contributed by atoms with van der Waals surface area (Å²) < 4.78 is 10.8. The Morgan fingerprint density at radius 1 is 0.909 bits per heavy atom. The van der Waals surface area contributed by atoms with Crippen molar-refractivity contribution in [2.24, 2.45) is 5.92 Å². The van der Waals surface area contributed by atoms with Gasteiger partial charge < -0.3 is 9.47 Å². The highest BCUT2D eigenvalue weighted by molar-refractivity contribution is 5.06. The molecule has 2 unspecified atom stereocenters. The van der Waals surface area contributed by atoms with Crippen LogP contribution >= 0.6 is 0 Å². The van der Waals surface area contributed by atoms with E-state index in [0.717, 1.165) is 19.3 Å². The smallest absolute Gasteiger partial charge is 0.117 e. The molecular weight excluding hydrogens is 272 g/mol. The third kappa shape index (κ3) is 19.5. The van der Waals surface area contributed by atoms with Gasteiger partial charge in [-0.1, -0.05) is 75.2 Å². The van der Waals surface area contributed by atoms with Crippen LogP contribution in [0.1, 0.15) is 89.0 Å². The molecule has 0 saturated heterocycles. The molecule has 0 aliphatic heterocycles. The molecule has 0 saturated carbocycles. The minimum absolute atomic E-state index is 0. The van der Waals surface area contributed by atoms with Gasteiger partial charge in [0.15, 0.2) is 0 Å². The first-order valence-corrected chi connectivity index (χ1v) is 7.17. The first-order chi connectivity index (χ1) is 8.63. The molecular formula is C20H46O2. The fourth-order valence-corrected chi connectivity index (χ4v) is 1.90. The summed E-state index contributed by atoms with van der Waals surface area (Å²) in [5.74, 6) is 7.09. The lowest BCUT2D eigenvalue weighted by Crippen LogP contribution is -2.13. The van der Waals surface area contributed by atoms with Gasteiger partial charge in [-0.3, -0.25) is 0 Å². The summed E-state index contributed by atoms with van der Waals surface area (Å²) in [6.07, 6.45) is 6.96. The first kappa shape index (κ1) is 33.2. The molecule has 2 atom stereocenters. The van der Waals surface area contributed by atoms with Crippen molar-refractivity contribution in [3.05, 3.63) is 0 Å². The van der Waals surface area contributed by atoms with Gasteiger partial charge in [-0.15, -0.1) is 0 Å². The zero-order chi connectivity index (χ0) is 13.8. The van der Waals surface area contributed by atoms with Crippen LogP contribution in [-0.4, -0.2) is 26.4 Å². The second-order valence-electron chi connectivity index (χ2n) is 5.23. The Bertz CT molecular complexity index is 238. The van der Waals surface area contributed by atoms with Crippen LogP contribution in [0, 0.1) is 17.8 Å². The summed E-state index contributed by atoms with van der Waals surface area (Å²) in [6, 6.07) is 0. The van der Waals surface area contributed by atoms with E-state index >= 15 is 0 Å². The lowest BCUT2D eigenvalue weighted by molar-refractivity contribution is 0.0884. The molecule has 0 aliphatic carbocycles. The maximum atomic E-state index is 5.43. The summed E-state index contributed by atoms with van der Waals surface area (Å²) in [5, 5.41) is 0. The average molecular weight is 319 g/mol. The van der Waals surface area contributed by atoms with Crippen molar-refractivity contribution in [3.63, 3.8) is 0 Å². The van der Waals surface area contributed by atoms with E-state index in [2.05, 4.69) is 32.6 Å². The van der Waals surface area contributed by atoms with Crippen LogP contribution in [0.3, 0.4) is 0 Å². The maximum Gasteiger partial charge on any atom is 0.117 e. The number of ether oxygens (including phenoxy) is 2. The van der Waals surface area contributed by atoms with Crippen LogP contribution in [0.2, 0.25) is 0 Å². The lowest BCUT2D eigenvalue weighted by atomic mass is 10.0. The summed E-state index contributed by atoms with van der Waals surface area (Å²) in [5.41, 5.74) is 0. The van der Waals surface area contributed by atoms with Gasteiger partial charge in [0.1, 0.15) is 6.10 Å². The second-order valence-corrected chi connectivity index (χ2v) is 5.23. The van der Waals surface area contributed by atoms with Crippen molar-refractivity contribution < 1.29 is 9.47 Å². The number of hydrogen-bond donors (Lipinski definition) is 0. The summed E-state index contributed by atoms with van der Waals surface area (Å²) in [7, 11) is 3.51. The van der Waals surface area contributed by atoms with E-state index in [9.17, 15) is 0 Å². The number of hydrogen-bond acceptors (Lipinski definition) is 2. The van der Waals surface area contributed by atoms with E-state index in [1.165, 1.54) is 19.3 Å². The lowest BCUT2D eigenvalue weighted by Gasteiger charge is -2.14. The Morgan fingerprint density at radius 2 is 1.50 bits per heavy atom. The van der Waals surface area contributed by atoms with Crippen LogP contribution in [0.4, 0.5) is 0 Å². The highest BCUT2D eigenvalue weighted by Crippen LogP contribution is 2.10. The fraction of sp³-hybridized carbons (Fsp3) is 0.900. The molecule has 0 rings (SSSR count). The minimum atomic E-state index is 0. The number of unbranched alkanes of at least 4 members (excludes halogenated alkanes) is 2. The predicted molar refractivity (Wildman–Crippen MR) is 105 cm³/mol. The number of methoxy groups -OCH3 is 2. The third-order valence-corrected chi connectivity index (χ3v) is 3.01. The molecule has 0 aliphatic rings. The quantitative estimate of drug-likeness (QED) is 0.353. The highest BCUT2D eigenvalue weighted by Gasteiger charge is 2.08. The van der Waals surface area contributed by atoms with Gasteiger partial charge in [0, 0.05) is 20.6 Å². The molecule has 0 amide bonds. The largest absolute Gasteiger partial charge is 0.380 e. The second kappa shape index (κ2) is 22.8. The zero-order valence-electron chi connectivity index (χ0n) is 12.8. The Morgan fingerprint density at radius 3 is 1.91 bits per heavy atom. The van der Waals surface area contributed by atoms with Crippen molar-refractivity contribution in [3.8, 4) is 11.8 Å². The van der Waals surface area contributed by atoms with E-state index in [4.69, 9.17) is 9.47 Å². The van der Waals surface area contributed by atoms with Gasteiger partial charge in [-0.25, -0.2) is 0 Å². The van der Waals surface area contributed by atoms with Crippen LogP contribution < -0.4 is 0 Å². The molecule has 0 bridgehead atoms. The summed E-state index contributed by atoms with van der Waals surface area (Å²) in [6.45, 7) is 6.63. The van der Waals surface area contributed by atoms with Gasteiger partial charge in [0.05, 0.1) is 6.10 Å². The van der Waals surface area contributed by atoms with E-state index in [0.29, 0.717) is 5.92 Å². The fourth-order valence-electron chi connectivity index (χ4n) is 1.90. The molecule has 0 N–H and O–H groups in total. The van der Waals surface area contributed by atoms with Crippen LogP contribution in [0.5, 0.6) is 0 Å². The molecule has 0 fully saturated rings. The van der Waals surface area contributed by atoms with Crippen LogP contribution in [0.25, 0.3) is 0 Å². The molecule has 0 heterocycles. The Labute approximate surface area is 143 Å².